The zero-order chi connectivity index (χ0) is 18.6. The first kappa shape index (κ1) is 16.8. The molecule has 0 bridgehead atoms. The summed E-state index contributed by atoms with van der Waals surface area (Å²) in [5, 5.41) is 6.27. The van der Waals surface area contributed by atoms with Crippen LogP contribution < -0.4 is 10.6 Å². The van der Waals surface area contributed by atoms with E-state index in [1.54, 1.807) is 0 Å². The number of para-hydroxylation sites is 3. The first-order valence-electron chi connectivity index (χ1n) is 8.83. The van der Waals surface area contributed by atoms with Crippen LogP contribution in [-0.4, -0.2) is 15.5 Å². The molecule has 0 spiro atoms. The van der Waals surface area contributed by atoms with Gasteiger partial charge in [-0.2, -0.15) is 0 Å². The van der Waals surface area contributed by atoms with Gasteiger partial charge in [-0.1, -0.05) is 30.3 Å². The fourth-order valence-corrected chi connectivity index (χ4v) is 3.06. The molecule has 5 heteroatoms. The standard InChI is InChI=1S/C22H20N4O/c1-16-23-20-9-5-6-10-21(20)26(16)15-22(27)25-19-13-11-18(12-14-19)24-17-7-3-2-4-8-17/h2-14,24H,15H2,1H3,(H,25,27). The Balaban J connectivity index is 1.43. The minimum atomic E-state index is -0.0787. The van der Waals surface area contributed by atoms with Crippen molar-refractivity contribution < 1.29 is 4.79 Å². The van der Waals surface area contributed by atoms with Crippen molar-refractivity contribution in [1.82, 2.24) is 9.55 Å². The first-order chi connectivity index (χ1) is 13.2. The minimum Gasteiger partial charge on any atom is -0.356 e. The highest BCUT2D eigenvalue weighted by atomic mass is 16.1. The van der Waals surface area contributed by atoms with Gasteiger partial charge in [0.05, 0.1) is 11.0 Å². The minimum absolute atomic E-state index is 0.0787. The lowest BCUT2D eigenvalue weighted by Gasteiger charge is -2.10. The molecule has 1 heterocycles. The Morgan fingerprint density at radius 2 is 1.48 bits per heavy atom. The lowest BCUT2D eigenvalue weighted by Crippen LogP contribution is -2.19. The highest BCUT2D eigenvalue weighted by molar-refractivity contribution is 5.92. The topological polar surface area (TPSA) is 59.0 Å². The largest absolute Gasteiger partial charge is 0.356 e. The Labute approximate surface area is 157 Å². The predicted molar refractivity (Wildman–Crippen MR) is 109 cm³/mol. The molecular formula is C22H20N4O. The summed E-state index contributed by atoms with van der Waals surface area (Å²) < 4.78 is 1.93. The predicted octanol–water partition coefficient (Wildman–Crippen LogP) is 4.73. The molecule has 0 atom stereocenters. The SMILES string of the molecule is Cc1nc2ccccc2n1CC(=O)Nc1ccc(Nc2ccccc2)cc1. The average Bonchev–Trinajstić information content (AvgIpc) is 2.99. The van der Waals surface area contributed by atoms with E-state index >= 15 is 0 Å². The van der Waals surface area contributed by atoms with Gasteiger partial charge in [-0.05, 0) is 55.5 Å². The normalized spacial score (nSPS) is 10.7. The van der Waals surface area contributed by atoms with Crippen molar-refractivity contribution in [3.63, 3.8) is 0 Å². The number of fused-ring (bicyclic) bond motifs is 1. The number of aryl methyl sites for hydroxylation is 1. The average molecular weight is 356 g/mol. The van der Waals surface area contributed by atoms with Gasteiger partial charge in [0.1, 0.15) is 12.4 Å². The van der Waals surface area contributed by atoms with Crippen LogP contribution in [0, 0.1) is 6.92 Å². The first-order valence-corrected chi connectivity index (χ1v) is 8.83. The highest BCUT2D eigenvalue weighted by Gasteiger charge is 2.10. The third kappa shape index (κ3) is 3.82. The molecule has 1 aromatic heterocycles. The van der Waals surface area contributed by atoms with Crippen molar-refractivity contribution in [1.29, 1.82) is 0 Å². The molecule has 4 rings (SSSR count). The van der Waals surface area contributed by atoms with E-state index in [1.807, 2.05) is 90.4 Å². The third-order valence-electron chi connectivity index (χ3n) is 4.38. The zero-order valence-corrected chi connectivity index (χ0v) is 15.0. The van der Waals surface area contributed by atoms with Crippen LogP contribution in [0.1, 0.15) is 5.82 Å². The van der Waals surface area contributed by atoms with Gasteiger partial charge in [-0.3, -0.25) is 4.79 Å². The Morgan fingerprint density at radius 3 is 2.26 bits per heavy atom. The van der Waals surface area contributed by atoms with E-state index < -0.39 is 0 Å². The summed E-state index contributed by atoms with van der Waals surface area (Å²) in [6.07, 6.45) is 0. The second-order valence-corrected chi connectivity index (χ2v) is 6.35. The summed E-state index contributed by atoms with van der Waals surface area (Å²) in [5.74, 6) is 0.749. The number of aromatic nitrogens is 2. The van der Waals surface area contributed by atoms with E-state index in [0.717, 1.165) is 33.9 Å². The van der Waals surface area contributed by atoms with Crippen LogP contribution in [0.15, 0.2) is 78.9 Å². The summed E-state index contributed by atoms with van der Waals surface area (Å²) in [4.78, 5) is 17.0. The number of carbonyl (C=O) groups is 1. The molecule has 3 aromatic carbocycles. The molecule has 4 aromatic rings. The number of benzene rings is 3. The van der Waals surface area contributed by atoms with Crippen LogP contribution in [0.3, 0.4) is 0 Å². The second-order valence-electron chi connectivity index (χ2n) is 6.35. The molecular weight excluding hydrogens is 336 g/mol. The Hall–Kier alpha value is -3.60. The van der Waals surface area contributed by atoms with Gasteiger partial charge in [0.2, 0.25) is 5.91 Å². The lowest BCUT2D eigenvalue weighted by molar-refractivity contribution is -0.116. The Morgan fingerprint density at radius 1 is 0.852 bits per heavy atom. The van der Waals surface area contributed by atoms with Crippen LogP contribution in [-0.2, 0) is 11.3 Å². The summed E-state index contributed by atoms with van der Waals surface area (Å²) in [6.45, 7) is 2.15. The number of nitrogens with one attached hydrogen (secondary N) is 2. The number of anilines is 3. The summed E-state index contributed by atoms with van der Waals surface area (Å²) in [7, 11) is 0. The number of rotatable bonds is 5. The summed E-state index contributed by atoms with van der Waals surface area (Å²) >= 11 is 0. The highest BCUT2D eigenvalue weighted by Crippen LogP contribution is 2.19. The summed E-state index contributed by atoms with van der Waals surface area (Å²) in [6, 6.07) is 25.5. The fourth-order valence-electron chi connectivity index (χ4n) is 3.06. The number of hydrogen-bond donors (Lipinski definition) is 2. The van der Waals surface area contributed by atoms with Crippen LogP contribution >= 0.6 is 0 Å². The Kier molecular flexibility index (Phi) is 4.58. The molecule has 0 aliphatic carbocycles. The van der Waals surface area contributed by atoms with E-state index in [-0.39, 0.29) is 12.5 Å². The quantitative estimate of drug-likeness (QED) is 0.544. The van der Waals surface area contributed by atoms with Crippen molar-refractivity contribution in [3.8, 4) is 0 Å². The number of imidazole rings is 1. The number of nitrogens with zero attached hydrogens (tertiary/aromatic N) is 2. The van der Waals surface area contributed by atoms with Crippen LogP contribution in [0.4, 0.5) is 17.1 Å². The van der Waals surface area contributed by atoms with Gasteiger partial charge >= 0.3 is 0 Å². The van der Waals surface area contributed by atoms with Crippen molar-refractivity contribution >= 4 is 34.0 Å². The lowest BCUT2D eigenvalue weighted by atomic mass is 10.2. The number of carbonyl (C=O) groups excluding carboxylic acids is 1. The van der Waals surface area contributed by atoms with Crippen molar-refractivity contribution in [2.24, 2.45) is 0 Å². The van der Waals surface area contributed by atoms with E-state index in [2.05, 4.69) is 15.6 Å². The van der Waals surface area contributed by atoms with Gasteiger partial charge in [0.15, 0.2) is 0 Å². The second kappa shape index (κ2) is 7.33. The van der Waals surface area contributed by atoms with E-state index in [0.29, 0.717) is 0 Å². The molecule has 1 amide bonds. The van der Waals surface area contributed by atoms with Gasteiger partial charge < -0.3 is 15.2 Å². The van der Waals surface area contributed by atoms with E-state index in [9.17, 15) is 4.79 Å². The zero-order valence-electron chi connectivity index (χ0n) is 15.0. The van der Waals surface area contributed by atoms with Crippen LogP contribution in [0.25, 0.3) is 11.0 Å². The van der Waals surface area contributed by atoms with E-state index in [4.69, 9.17) is 0 Å². The van der Waals surface area contributed by atoms with Crippen LogP contribution in [0.2, 0.25) is 0 Å². The van der Waals surface area contributed by atoms with Crippen molar-refractivity contribution in [2.75, 3.05) is 10.6 Å². The molecule has 2 N–H and O–H groups in total. The molecule has 0 fully saturated rings. The van der Waals surface area contributed by atoms with Gasteiger partial charge in [0, 0.05) is 17.1 Å². The maximum absolute atomic E-state index is 12.5. The van der Waals surface area contributed by atoms with Crippen molar-refractivity contribution in [3.05, 3.63) is 84.7 Å². The van der Waals surface area contributed by atoms with Crippen LogP contribution in [0.5, 0.6) is 0 Å². The van der Waals surface area contributed by atoms with Gasteiger partial charge in [0.25, 0.3) is 0 Å². The maximum Gasteiger partial charge on any atom is 0.244 e. The van der Waals surface area contributed by atoms with E-state index in [1.165, 1.54) is 0 Å². The molecule has 0 aliphatic rings. The Bertz CT molecular complexity index is 1070. The molecule has 0 radical (unpaired) electrons. The molecule has 0 saturated heterocycles. The molecule has 134 valence electrons. The van der Waals surface area contributed by atoms with Gasteiger partial charge in [-0.25, -0.2) is 4.98 Å². The van der Waals surface area contributed by atoms with Crippen molar-refractivity contribution in [2.45, 2.75) is 13.5 Å². The molecule has 0 aliphatic heterocycles. The summed E-state index contributed by atoms with van der Waals surface area (Å²) in [5.41, 5.74) is 4.62. The molecule has 27 heavy (non-hydrogen) atoms. The third-order valence-corrected chi connectivity index (χ3v) is 4.38. The fraction of sp³-hybridized carbons (Fsp3) is 0.0909. The van der Waals surface area contributed by atoms with Gasteiger partial charge in [-0.15, -0.1) is 0 Å². The molecule has 5 nitrogen and oxygen atoms in total. The monoisotopic (exact) mass is 356 g/mol. The maximum atomic E-state index is 12.5. The smallest absolute Gasteiger partial charge is 0.244 e. The number of amides is 1. The molecule has 0 unspecified atom stereocenters. The molecule has 0 saturated carbocycles. The number of hydrogen-bond acceptors (Lipinski definition) is 3.